The molecular formula is C14H26N2O. The fourth-order valence-corrected chi connectivity index (χ4v) is 3.54. The molecule has 98 valence electrons. The summed E-state index contributed by atoms with van der Waals surface area (Å²) >= 11 is 0. The number of nitrogens with one attached hydrogen (secondary N) is 1. The van der Waals surface area contributed by atoms with Crippen LogP contribution in [0.3, 0.4) is 0 Å². The third-order valence-corrected chi connectivity index (χ3v) is 4.06. The fourth-order valence-electron chi connectivity index (χ4n) is 3.54. The molecular weight excluding hydrogens is 212 g/mol. The first-order valence-corrected chi connectivity index (χ1v) is 7.08. The van der Waals surface area contributed by atoms with Crippen LogP contribution in [-0.2, 0) is 4.79 Å². The summed E-state index contributed by atoms with van der Waals surface area (Å²) in [6, 6.07) is 0. The third kappa shape index (κ3) is 2.49. The molecule has 2 fully saturated rings. The zero-order chi connectivity index (χ0) is 12.5. The summed E-state index contributed by atoms with van der Waals surface area (Å²) in [6.45, 7) is 8.35. The van der Waals surface area contributed by atoms with Crippen LogP contribution < -0.4 is 5.32 Å². The van der Waals surface area contributed by atoms with E-state index in [1.807, 2.05) is 0 Å². The van der Waals surface area contributed by atoms with Gasteiger partial charge in [0.1, 0.15) is 0 Å². The van der Waals surface area contributed by atoms with Crippen molar-refractivity contribution < 1.29 is 4.79 Å². The Morgan fingerprint density at radius 2 is 1.88 bits per heavy atom. The van der Waals surface area contributed by atoms with E-state index < -0.39 is 0 Å². The lowest BCUT2D eigenvalue weighted by molar-refractivity contribution is -0.147. The summed E-state index contributed by atoms with van der Waals surface area (Å²) in [4.78, 5) is 14.7. The van der Waals surface area contributed by atoms with E-state index in [9.17, 15) is 4.79 Å². The van der Waals surface area contributed by atoms with Crippen LogP contribution in [0.1, 0.15) is 59.3 Å². The predicted molar refractivity (Wildman–Crippen MR) is 69.9 cm³/mol. The van der Waals surface area contributed by atoms with Crippen LogP contribution in [-0.4, -0.2) is 35.0 Å². The molecule has 1 spiro atoms. The zero-order valence-corrected chi connectivity index (χ0v) is 11.5. The van der Waals surface area contributed by atoms with Crippen molar-refractivity contribution in [1.82, 2.24) is 10.2 Å². The highest BCUT2D eigenvalue weighted by atomic mass is 16.2. The Bertz CT molecular complexity index is 293. The summed E-state index contributed by atoms with van der Waals surface area (Å²) in [5.41, 5.74) is -0.185. The molecule has 0 bridgehead atoms. The average Bonchev–Trinajstić information content (AvgIpc) is 2.26. The number of hydrogen-bond donors (Lipinski definition) is 1. The minimum atomic E-state index is -0.241. The van der Waals surface area contributed by atoms with Gasteiger partial charge >= 0.3 is 0 Å². The molecule has 3 nitrogen and oxygen atoms in total. The Balaban J connectivity index is 2.21. The maximum atomic E-state index is 12.6. The molecule has 17 heavy (non-hydrogen) atoms. The maximum Gasteiger partial charge on any atom is 0.242 e. The lowest BCUT2D eigenvalue weighted by Gasteiger charge is -2.51. The first kappa shape index (κ1) is 12.9. The van der Waals surface area contributed by atoms with Gasteiger partial charge in [-0.25, -0.2) is 0 Å². The highest BCUT2D eigenvalue weighted by molar-refractivity contribution is 5.87. The van der Waals surface area contributed by atoms with Crippen molar-refractivity contribution in [2.45, 2.75) is 70.4 Å². The number of carbonyl (C=O) groups excluding carboxylic acids is 1. The second-order valence-corrected chi connectivity index (χ2v) is 6.38. The van der Waals surface area contributed by atoms with Gasteiger partial charge in [0.05, 0.1) is 5.54 Å². The standard InChI is InChI=1S/C14H26N2O/c1-4-10-16-11-13(2,3)15-14(12(16)17)8-6-5-7-9-14/h15H,4-11H2,1-3H3. The van der Waals surface area contributed by atoms with Crippen LogP contribution in [0.15, 0.2) is 0 Å². The number of rotatable bonds is 2. The van der Waals surface area contributed by atoms with E-state index >= 15 is 0 Å². The zero-order valence-electron chi connectivity index (χ0n) is 11.5. The number of piperazine rings is 1. The molecule has 1 aliphatic heterocycles. The Morgan fingerprint density at radius 3 is 2.47 bits per heavy atom. The van der Waals surface area contributed by atoms with Crippen molar-refractivity contribution >= 4 is 5.91 Å². The van der Waals surface area contributed by atoms with Gasteiger partial charge in [-0.3, -0.25) is 10.1 Å². The highest BCUT2D eigenvalue weighted by Crippen LogP contribution is 2.35. The van der Waals surface area contributed by atoms with Gasteiger partial charge in [0, 0.05) is 18.6 Å². The van der Waals surface area contributed by atoms with Gasteiger partial charge in [0.15, 0.2) is 0 Å². The van der Waals surface area contributed by atoms with E-state index in [1.54, 1.807) is 0 Å². The SMILES string of the molecule is CCCN1CC(C)(C)NC2(CCCCC2)C1=O. The van der Waals surface area contributed by atoms with Crippen LogP contribution in [0.4, 0.5) is 0 Å². The topological polar surface area (TPSA) is 32.3 Å². The van der Waals surface area contributed by atoms with Crippen molar-refractivity contribution in [3.8, 4) is 0 Å². The Labute approximate surface area is 105 Å². The van der Waals surface area contributed by atoms with Gasteiger partial charge in [-0.2, -0.15) is 0 Å². The first-order valence-electron chi connectivity index (χ1n) is 7.08. The van der Waals surface area contributed by atoms with E-state index in [2.05, 4.69) is 31.0 Å². The van der Waals surface area contributed by atoms with Crippen LogP contribution in [0.5, 0.6) is 0 Å². The molecule has 3 heteroatoms. The Kier molecular flexibility index (Phi) is 3.48. The van der Waals surface area contributed by atoms with Crippen molar-refractivity contribution in [3.63, 3.8) is 0 Å². The molecule has 0 unspecified atom stereocenters. The van der Waals surface area contributed by atoms with Crippen molar-refractivity contribution in [1.29, 1.82) is 0 Å². The van der Waals surface area contributed by atoms with E-state index in [-0.39, 0.29) is 11.1 Å². The fraction of sp³-hybridized carbons (Fsp3) is 0.929. The lowest BCUT2D eigenvalue weighted by Crippen LogP contribution is -2.72. The van der Waals surface area contributed by atoms with E-state index in [0.29, 0.717) is 5.91 Å². The molecule has 1 aliphatic carbocycles. The lowest BCUT2D eigenvalue weighted by atomic mass is 9.76. The molecule has 2 aliphatic rings. The molecule has 0 aromatic carbocycles. The van der Waals surface area contributed by atoms with Crippen LogP contribution >= 0.6 is 0 Å². The molecule has 1 amide bonds. The first-order chi connectivity index (χ1) is 7.99. The number of nitrogens with zero attached hydrogens (tertiary/aromatic N) is 1. The van der Waals surface area contributed by atoms with E-state index in [4.69, 9.17) is 0 Å². The minimum Gasteiger partial charge on any atom is -0.339 e. The highest BCUT2D eigenvalue weighted by Gasteiger charge is 2.49. The van der Waals surface area contributed by atoms with Gasteiger partial charge in [-0.15, -0.1) is 0 Å². The van der Waals surface area contributed by atoms with Gasteiger partial charge in [0.25, 0.3) is 0 Å². The molecule has 0 aromatic heterocycles. The van der Waals surface area contributed by atoms with Crippen molar-refractivity contribution in [2.24, 2.45) is 0 Å². The molecule has 1 saturated heterocycles. The second-order valence-electron chi connectivity index (χ2n) is 6.38. The monoisotopic (exact) mass is 238 g/mol. The molecule has 1 saturated carbocycles. The van der Waals surface area contributed by atoms with Crippen LogP contribution in [0.2, 0.25) is 0 Å². The Hall–Kier alpha value is -0.570. The van der Waals surface area contributed by atoms with Gasteiger partial charge < -0.3 is 4.90 Å². The number of carbonyl (C=O) groups is 1. The predicted octanol–water partition coefficient (Wildman–Crippen LogP) is 2.31. The minimum absolute atomic E-state index is 0.0560. The van der Waals surface area contributed by atoms with Gasteiger partial charge in [-0.1, -0.05) is 26.2 Å². The average molecular weight is 238 g/mol. The summed E-state index contributed by atoms with van der Waals surface area (Å²) in [6.07, 6.45) is 6.76. The van der Waals surface area contributed by atoms with Crippen LogP contribution in [0, 0.1) is 0 Å². The number of hydrogen-bond acceptors (Lipinski definition) is 2. The largest absolute Gasteiger partial charge is 0.339 e. The summed E-state index contributed by atoms with van der Waals surface area (Å²) < 4.78 is 0. The normalized spacial score (nSPS) is 27.5. The quantitative estimate of drug-likeness (QED) is 0.800. The maximum absolute atomic E-state index is 12.6. The van der Waals surface area contributed by atoms with E-state index in [1.165, 1.54) is 19.3 Å². The molecule has 0 radical (unpaired) electrons. The summed E-state index contributed by atoms with van der Waals surface area (Å²) in [7, 11) is 0. The van der Waals surface area contributed by atoms with Gasteiger partial charge in [-0.05, 0) is 33.1 Å². The smallest absolute Gasteiger partial charge is 0.242 e. The van der Waals surface area contributed by atoms with Gasteiger partial charge in [0.2, 0.25) is 5.91 Å². The molecule has 1 N–H and O–H groups in total. The molecule has 0 aromatic rings. The van der Waals surface area contributed by atoms with Crippen molar-refractivity contribution in [3.05, 3.63) is 0 Å². The molecule has 0 atom stereocenters. The third-order valence-electron chi connectivity index (χ3n) is 4.06. The summed E-state index contributed by atoms with van der Waals surface area (Å²) in [5, 5.41) is 3.66. The van der Waals surface area contributed by atoms with E-state index in [0.717, 1.165) is 32.4 Å². The molecule has 1 heterocycles. The second kappa shape index (κ2) is 4.60. The summed E-state index contributed by atoms with van der Waals surface area (Å²) in [5.74, 6) is 0.360. The Morgan fingerprint density at radius 1 is 1.24 bits per heavy atom. The number of amides is 1. The van der Waals surface area contributed by atoms with Crippen molar-refractivity contribution in [2.75, 3.05) is 13.1 Å². The van der Waals surface area contributed by atoms with Crippen LogP contribution in [0.25, 0.3) is 0 Å². The molecule has 2 rings (SSSR count).